The average molecular weight is 226 g/mol. The number of morpholine rings is 1. The van der Waals surface area contributed by atoms with E-state index in [1.165, 1.54) is 25.9 Å². The van der Waals surface area contributed by atoms with Gasteiger partial charge in [0.05, 0.1) is 12.7 Å². The second-order valence-corrected chi connectivity index (χ2v) is 5.44. The molecule has 0 bridgehead atoms. The van der Waals surface area contributed by atoms with Crippen LogP contribution in [0.15, 0.2) is 0 Å². The molecule has 3 atom stereocenters. The number of ether oxygens (including phenoxy) is 1. The van der Waals surface area contributed by atoms with Crippen LogP contribution in [0, 0.1) is 5.92 Å². The van der Waals surface area contributed by atoms with E-state index >= 15 is 0 Å². The van der Waals surface area contributed by atoms with Gasteiger partial charge < -0.3 is 10.1 Å². The second-order valence-electron chi connectivity index (χ2n) is 5.44. The highest BCUT2D eigenvalue weighted by Gasteiger charge is 2.24. The molecule has 2 saturated heterocycles. The molecular weight excluding hydrogens is 200 g/mol. The minimum atomic E-state index is 0.467. The summed E-state index contributed by atoms with van der Waals surface area (Å²) in [4.78, 5) is 2.58. The van der Waals surface area contributed by atoms with Crippen LogP contribution in [0.4, 0.5) is 0 Å². The number of piperidine rings is 1. The van der Waals surface area contributed by atoms with Crippen molar-refractivity contribution in [3.8, 4) is 0 Å². The summed E-state index contributed by atoms with van der Waals surface area (Å²) in [5.41, 5.74) is 0. The molecule has 16 heavy (non-hydrogen) atoms. The topological polar surface area (TPSA) is 24.5 Å². The Morgan fingerprint density at radius 3 is 3.06 bits per heavy atom. The smallest absolute Gasteiger partial charge is 0.0700 e. The van der Waals surface area contributed by atoms with E-state index in [0.717, 1.165) is 32.0 Å². The minimum Gasteiger partial charge on any atom is -0.376 e. The Labute approximate surface area is 99.5 Å². The van der Waals surface area contributed by atoms with Gasteiger partial charge >= 0.3 is 0 Å². The maximum atomic E-state index is 5.71. The average Bonchev–Trinajstić information content (AvgIpc) is 2.29. The molecule has 0 aliphatic carbocycles. The minimum absolute atomic E-state index is 0.467. The SMILES string of the molecule is CCC1CN(CC2CC(C)CCN2)CCO1. The molecule has 0 aromatic heterocycles. The zero-order valence-corrected chi connectivity index (χ0v) is 10.7. The molecule has 1 N–H and O–H groups in total. The first-order chi connectivity index (χ1) is 7.78. The highest BCUT2D eigenvalue weighted by molar-refractivity contribution is 4.81. The summed E-state index contributed by atoms with van der Waals surface area (Å²) in [6.45, 7) is 10.2. The van der Waals surface area contributed by atoms with Crippen LogP contribution in [0.5, 0.6) is 0 Å². The summed E-state index contributed by atoms with van der Waals surface area (Å²) < 4.78 is 5.71. The Kier molecular flexibility index (Phi) is 4.62. The first-order valence-corrected chi connectivity index (χ1v) is 6.85. The molecule has 3 nitrogen and oxygen atoms in total. The van der Waals surface area contributed by atoms with Crippen molar-refractivity contribution in [2.24, 2.45) is 5.92 Å². The predicted molar refractivity (Wildman–Crippen MR) is 66.7 cm³/mol. The predicted octanol–water partition coefficient (Wildman–Crippen LogP) is 1.49. The van der Waals surface area contributed by atoms with E-state index in [-0.39, 0.29) is 0 Å². The summed E-state index contributed by atoms with van der Waals surface area (Å²) in [6, 6.07) is 0.708. The third kappa shape index (κ3) is 3.44. The van der Waals surface area contributed by atoms with Crippen molar-refractivity contribution in [2.75, 3.05) is 32.8 Å². The third-order valence-corrected chi connectivity index (χ3v) is 3.91. The lowest BCUT2D eigenvalue weighted by atomic mass is 9.94. The van der Waals surface area contributed by atoms with E-state index in [2.05, 4.69) is 24.1 Å². The van der Waals surface area contributed by atoms with E-state index in [1.54, 1.807) is 0 Å². The van der Waals surface area contributed by atoms with Crippen LogP contribution in [0.2, 0.25) is 0 Å². The number of rotatable bonds is 3. The number of nitrogens with one attached hydrogen (secondary N) is 1. The van der Waals surface area contributed by atoms with Crippen molar-refractivity contribution in [2.45, 2.75) is 45.3 Å². The van der Waals surface area contributed by atoms with Crippen LogP contribution in [0.1, 0.15) is 33.1 Å². The third-order valence-electron chi connectivity index (χ3n) is 3.91. The molecule has 2 rings (SSSR count). The van der Waals surface area contributed by atoms with Gasteiger partial charge in [-0.05, 0) is 31.7 Å². The van der Waals surface area contributed by atoms with Crippen molar-refractivity contribution in [1.82, 2.24) is 10.2 Å². The van der Waals surface area contributed by atoms with E-state index in [4.69, 9.17) is 4.74 Å². The summed E-state index contributed by atoms with van der Waals surface area (Å²) in [5, 5.41) is 3.65. The van der Waals surface area contributed by atoms with Crippen LogP contribution < -0.4 is 5.32 Å². The van der Waals surface area contributed by atoms with Gasteiger partial charge in [0, 0.05) is 25.7 Å². The molecule has 0 spiro atoms. The van der Waals surface area contributed by atoms with E-state index < -0.39 is 0 Å². The standard InChI is InChI=1S/C13H26N2O/c1-3-13-10-15(6-7-16-13)9-12-8-11(2)4-5-14-12/h11-14H,3-10H2,1-2H3. The quantitative estimate of drug-likeness (QED) is 0.789. The van der Waals surface area contributed by atoms with Gasteiger partial charge in [-0.15, -0.1) is 0 Å². The Balaban J connectivity index is 1.75. The summed E-state index contributed by atoms with van der Waals surface area (Å²) >= 11 is 0. The van der Waals surface area contributed by atoms with E-state index in [9.17, 15) is 0 Å². The highest BCUT2D eigenvalue weighted by atomic mass is 16.5. The van der Waals surface area contributed by atoms with Crippen molar-refractivity contribution < 1.29 is 4.74 Å². The molecular formula is C13H26N2O. The maximum Gasteiger partial charge on any atom is 0.0700 e. The molecule has 2 fully saturated rings. The van der Waals surface area contributed by atoms with E-state index in [0.29, 0.717) is 12.1 Å². The highest BCUT2D eigenvalue weighted by Crippen LogP contribution is 2.17. The van der Waals surface area contributed by atoms with Crippen molar-refractivity contribution in [1.29, 1.82) is 0 Å². The molecule has 2 aliphatic heterocycles. The molecule has 0 amide bonds. The Hall–Kier alpha value is -0.120. The normalized spacial score (nSPS) is 37.5. The second kappa shape index (κ2) is 5.99. The van der Waals surface area contributed by atoms with Crippen molar-refractivity contribution >= 4 is 0 Å². The lowest BCUT2D eigenvalue weighted by molar-refractivity contribution is -0.0333. The fourth-order valence-corrected chi connectivity index (χ4v) is 2.86. The molecule has 2 heterocycles. The largest absolute Gasteiger partial charge is 0.376 e. The molecule has 0 aromatic rings. The number of hydrogen-bond acceptors (Lipinski definition) is 3. The maximum absolute atomic E-state index is 5.71. The van der Waals surface area contributed by atoms with Gasteiger partial charge in [0.15, 0.2) is 0 Å². The van der Waals surface area contributed by atoms with Crippen LogP contribution in [0.3, 0.4) is 0 Å². The van der Waals surface area contributed by atoms with Gasteiger partial charge in [-0.2, -0.15) is 0 Å². The summed E-state index contributed by atoms with van der Waals surface area (Å²) in [6.07, 6.45) is 4.30. The van der Waals surface area contributed by atoms with Gasteiger partial charge in [0.2, 0.25) is 0 Å². The molecule has 3 unspecified atom stereocenters. The Bertz CT molecular complexity index is 210. The van der Waals surface area contributed by atoms with Gasteiger partial charge in [0.1, 0.15) is 0 Å². The van der Waals surface area contributed by atoms with Gasteiger partial charge in [-0.1, -0.05) is 13.8 Å². The van der Waals surface area contributed by atoms with Crippen LogP contribution in [-0.4, -0.2) is 49.8 Å². The lowest BCUT2D eigenvalue weighted by Gasteiger charge is -2.37. The van der Waals surface area contributed by atoms with Gasteiger partial charge in [0.25, 0.3) is 0 Å². The zero-order chi connectivity index (χ0) is 11.4. The summed E-state index contributed by atoms with van der Waals surface area (Å²) in [7, 11) is 0. The fourth-order valence-electron chi connectivity index (χ4n) is 2.86. The van der Waals surface area contributed by atoms with Crippen LogP contribution in [0.25, 0.3) is 0 Å². The number of nitrogens with zero attached hydrogens (tertiary/aromatic N) is 1. The van der Waals surface area contributed by atoms with Crippen LogP contribution >= 0.6 is 0 Å². The Morgan fingerprint density at radius 2 is 2.31 bits per heavy atom. The van der Waals surface area contributed by atoms with Gasteiger partial charge in [-0.3, -0.25) is 4.90 Å². The monoisotopic (exact) mass is 226 g/mol. The number of hydrogen-bond donors (Lipinski definition) is 1. The first-order valence-electron chi connectivity index (χ1n) is 6.85. The van der Waals surface area contributed by atoms with Crippen LogP contribution in [-0.2, 0) is 4.74 Å². The molecule has 94 valence electrons. The van der Waals surface area contributed by atoms with Gasteiger partial charge in [-0.25, -0.2) is 0 Å². The molecule has 2 aliphatic rings. The van der Waals surface area contributed by atoms with E-state index in [1.807, 2.05) is 0 Å². The molecule has 0 saturated carbocycles. The lowest BCUT2D eigenvalue weighted by Crippen LogP contribution is -2.50. The Morgan fingerprint density at radius 1 is 1.44 bits per heavy atom. The zero-order valence-electron chi connectivity index (χ0n) is 10.7. The van der Waals surface area contributed by atoms with Crippen molar-refractivity contribution in [3.63, 3.8) is 0 Å². The molecule has 0 radical (unpaired) electrons. The summed E-state index contributed by atoms with van der Waals surface area (Å²) in [5.74, 6) is 0.897. The fraction of sp³-hybridized carbons (Fsp3) is 1.00. The molecule has 0 aromatic carbocycles. The molecule has 3 heteroatoms. The van der Waals surface area contributed by atoms with Crippen molar-refractivity contribution in [3.05, 3.63) is 0 Å². The first kappa shape index (κ1) is 12.3.